The molecule has 0 saturated carbocycles. The van der Waals surface area contributed by atoms with Gasteiger partial charge in [0.05, 0.1) is 0 Å². The first kappa shape index (κ1) is 10.4. The van der Waals surface area contributed by atoms with Crippen LogP contribution in [-0.2, 0) is 4.79 Å². The molecule has 0 aliphatic rings. The summed E-state index contributed by atoms with van der Waals surface area (Å²) in [7, 11) is 0. The molecule has 1 rings (SSSR count). The topological polar surface area (TPSA) is 118 Å². The van der Waals surface area contributed by atoms with Crippen molar-refractivity contribution in [3.05, 3.63) is 0 Å². The summed E-state index contributed by atoms with van der Waals surface area (Å²) in [5, 5.41) is 40.2. The molecule has 7 heteroatoms. The molecule has 1 aromatic heterocycles. The molecular formula is C5H6O6S. The Morgan fingerprint density at radius 3 is 1.33 bits per heavy atom. The van der Waals surface area contributed by atoms with Gasteiger partial charge >= 0.3 is 0 Å². The number of thiophene rings is 1. The largest absolute Gasteiger partial charge is 0.501 e. The molecule has 0 spiro atoms. The third-order valence-electron chi connectivity index (χ3n) is 0.823. The summed E-state index contributed by atoms with van der Waals surface area (Å²) in [5.41, 5.74) is 0. The van der Waals surface area contributed by atoms with E-state index in [1.165, 1.54) is 0 Å². The fraction of sp³-hybridized carbons (Fsp3) is 0. The van der Waals surface area contributed by atoms with E-state index in [1.54, 1.807) is 0 Å². The van der Waals surface area contributed by atoms with Crippen molar-refractivity contribution in [2.45, 2.75) is 0 Å². The molecule has 0 fully saturated rings. The van der Waals surface area contributed by atoms with Crippen LogP contribution in [0.15, 0.2) is 0 Å². The zero-order chi connectivity index (χ0) is 9.72. The predicted molar refractivity (Wildman–Crippen MR) is 39.7 cm³/mol. The van der Waals surface area contributed by atoms with Gasteiger partial charge in [-0.25, -0.2) is 0 Å². The molecule has 0 radical (unpaired) electrons. The molecule has 12 heavy (non-hydrogen) atoms. The zero-order valence-corrected chi connectivity index (χ0v) is 6.45. The van der Waals surface area contributed by atoms with Gasteiger partial charge in [-0.15, -0.1) is 0 Å². The normalized spacial score (nSPS) is 8.33. The maximum Gasteiger partial charge on any atom is 0.290 e. The summed E-state index contributed by atoms with van der Waals surface area (Å²) < 4.78 is 0. The van der Waals surface area contributed by atoms with Crippen molar-refractivity contribution < 1.29 is 30.3 Å². The van der Waals surface area contributed by atoms with Gasteiger partial charge in [-0.3, -0.25) is 4.79 Å². The number of rotatable bonds is 0. The third kappa shape index (κ3) is 2.20. The second kappa shape index (κ2) is 4.29. The molecule has 0 aromatic carbocycles. The van der Waals surface area contributed by atoms with Crippen molar-refractivity contribution in [3.63, 3.8) is 0 Å². The van der Waals surface area contributed by atoms with E-state index in [0.717, 1.165) is 0 Å². The van der Waals surface area contributed by atoms with Gasteiger partial charge in [-0.2, -0.15) is 0 Å². The second-order valence-corrected chi connectivity index (χ2v) is 2.49. The lowest BCUT2D eigenvalue weighted by Gasteiger charge is -1.85. The zero-order valence-electron chi connectivity index (χ0n) is 5.63. The maximum atomic E-state index is 8.58. The lowest BCUT2D eigenvalue weighted by atomic mass is 10.5. The highest BCUT2D eigenvalue weighted by atomic mass is 32.1. The first-order valence-corrected chi connectivity index (χ1v) is 3.36. The molecule has 0 aliphatic heterocycles. The summed E-state index contributed by atoms with van der Waals surface area (Å²) in [6.45, 7) is -0.250. The SMILES string of the molecule is O=CO.Oc1sc(O)c(O)c1O. The Morgan fingerprint density at radius 1 is 1.00 bits per heavy atom. The van der Waals surface area contributed by atoms with E-state index >= 15 is 0 Å². The van der Waals surface area contributed by atoms with Crippen LogP contribution in [0.2, 0.25) is 0 Å². The van der Waals surface area contributed by atoms with Crippen LogP contribution in [0.4, 0.5) is 0 Å². The van der Waals surface area contributed by atoms with Gasteiger partial charge in [0.2, 0.25) is 21.6 Å². The van der Waals surface area contributed by atoms with E-state index in [0.29, 0.717) is 11.3 Å². The van der Waals surface area contributed by atoms with Gasteiger partial charge in [-0.1, -0.05) is 11.3 Å². The Hall–Kier alpha value is -1.63. The summed E-state index contributed by atoms with van der Waals surface area (Å²) >= 11 is 0.507. The highest BCUT2D eigenvalue weighted by Crippen LogP contribution is 2.49. The quantitative estimate of drug-likeness (QED) is 0.378. The van der Waals surface area contributed by atoms with Gasteiger partial charge in [0.25, 0.3) is 6.47 Å². The van der Waals surface area contributed by atoms with E-state index in [2.05, 4.69) is 0 Å². The van der Waals surface area contributed by atoms with Gasteiger partial charge < -0.3 is 25.5 Å². The molecule has 0 amide bonds. The molecule has 6 nitrogen and oxygen atoms in total. The lowest BCUT2D eigenvalue weighted by Crippen LogP contribution is -1.56. The molecule has 0 unspecified atom stereocenters. The van der Waals surface area contributed by atoms with Crippen molar-refractivity contribution >= 4 is 17.8 Å². The van der Waals surface area contributed by atoms with Crippen LogP contribution in [0.3, 0.4) is 0 Å². The van der Waals surface area contributed by atoms with Gasteiger partial charge in [0, 0.05) is 0 Å². The van der Waals surface area contributed by atoms with E-state index in [1.807, 2.05) is 0 Å². The number of hydrogen-bond acceptors (Lipinski definition) is 6. The summed E-state index contributed by atoms with van der Waals surface area (Å²) in [6, 6.07) is 0. The highest BCUT2D eigenvalue weighted by molar-refractivity contribution is 7.16. The van der Waals surface area contributed by atoms with E-state index in [9.17, 15) is 0 Å². The molecule has 68 valence electrons. The lowest BCUT2D eigenvalue weighted by molar-refractivity contribution is -0.122. The van der Waals surface area contributed by atoms with Crippen LogP contribution in [-0.4, -0.2) is 32.0 Å². The van der Waals surface area contributed by atoms with Crippen molar-refractivity contribution in [1.82, 2.24) is 0 Å². The number of carbonyl (C=O) groups is 1. The van der Waals surface area contributed by atoms with Crippen molar-refractivity contribution in [2.24, 2.45) is 0 Å². The molecule has 1 heterocycles. The van der Waals surface area contributed by atoms with Crippen LogP contribution in [0, 0.1) is 0 Å². The Bertz CT molecular complexity index is 245. The predicted octanol–water partition coefficient (Wildman–Crippen LogP) is 0.271. The molecule has 0 saturated heterocycles. The molecule has 1 aromatic rings. The van der Waals surface area contributed by atoms with Crippen LogP contribution < -0.4 is 0 Å². The van der Waals surface area contributed by atoms with Crippen LogP contribution in [0.25, 0.3) is 0 Å². The summed E-state index contributed by atoms with van der Waals surface area (Å²) in [6.07, 6.45) is 0. The van der Waals surface area contributed by atoms with Crippen LogP contribution >= 0.6 is 11.3 Å². The maximum absolute atomic E-state index is 8.58. The van der Waals surface area contributed by atoms with Crippen molar-refractivity contribution in [3.8, 4) is 21.6 Å². The minimum atomic E-state index is -0.669. The first-order chi connectivity index (χ1) is 5.54. The fourth-order valence-electron chi connectivity index (χ4n) is 0.391. The van der Waals surface area contributed by atoms with E-state index < -0.39 is 21.6 Å². The molecular weight excluding hydrogens is 188 g/mol. The Morgan fingerprint density at radius 2 is 1.25 bits per heavy atom. The minimum Gasteiger partial charge on any atom is -0.501 e. The second-order valence-electron chi connectivity index (χ2n) is 1.51. The highest BCUT2D eigenvalue weighted by Gasteiger charge is 2.14. The standard InChI is InChI=1S/C4H4O4S.CH2O2/c5-1-2(6)4(8)9-3(1)7;2-1-3/h5-8H;1H,(H,2,3). The molecule has 5 N–H and O–H groups in total. The Kier molecular flexibility index (Phi) is 3.71. The van der Waals surface area contributed by atoms with Crippen LogP contribution in [0.5, 0.6) is 21.6 Å². The average Bonchev–Trinajstić information content (AvgIpc) is 2.20. The number of aromatic hydroxyl groups is 4. The summed E-state index contributed by atoms with van der Waals surface area (Å²) in [5.74, 6) is -1.34. The molecule has 0 aliphatic carbocycles. The van der Waals surface area contributed by atoms with E-state index in [-0.39, 0.29) is 6.47 Å². The van der Waals surface area contributed by atoms with Crippen molar-refractivity contribution in [1.29, 1.82) is 0 Å². The third-order valence-corrected chi connectivity index (χ3v) is 1.60. The smallest absolute Gasteiger partial charge is 0.290 e. The fourth-order valence-corrected chi connectivity index (χ4v) is 0.961. The van der Waals surface area contributed by atoms with Gasteiger partial charge in [0.15, 0.2) is 0 Å². The minimum absolute atomic E-state index is 0.250. The Labute approximate surface area is 70.6 Å². The van der Waals surface area contributed by atoms with E-state index in [4.69, 9.17) is 30.3 Å². The summed E-state index contributed by atoms with van der Waals surface area (Å²) in [4.78, 5) is 8.36. The number of hydrogen-bond donors (Lipinski definition) is 5. The van der Waals surface area contributed by atoms with Gasteiger partial charge in [-0.05, 0) is 0 Å². The monoisotopic (exact) mass is 194 g/mol. The van der Waals surface area contributed by atoms with Crippen LogP contribution in [0.1, 0.15) is 0 Å². The molecule has 0 atom stereocenters. The van der Waals surface area contributed by atoms with Gasteiger partial charge in [0.1, 0.15) is 0 Å². The Balaban J connectivity index is 0.000000354. The van der Waals surface area contributed by atoms with Crippen molar-refractivity contribution in [2.75, 3.05) is 0 Å². The number of carboxylic acid groups (broad SMARTS) is 1. The molecule has 0 bridgehead atoms. The average molecular weight is 194 g/mol. The first-order valence-electron chi connectivity index (χ1n) is 2.55.